The van der Waals surface area contributed by atoms with Crippen LogP contribution in [0.1, 0.15) is 12.8 Å². The Morgan fingerprint density at radius 2 is 1.72 bits per heavy atom. The molecule has 7 nitrogen and oxygen atoms in total. The average Bonchev–Trinajstić information content (AvgIpc) is 2.25. The predicted molar refractivity (Wildman–Crippen MR) is 65.4 cm³/mol. The summed E-state index contributed by atoms with van der Waals surface area (Å²) in [6, 6.07) is 0. The summed E-state index contributed by atoms with van der Waals surface area (Å²) in [5.74, 6) is 0. The van der Waals surface area contributed by atoms with Crippen LogP contribution in [0.3, 0.4) is 0 Å². The molecule has 1 amide bonds. The van der Waals surface area contributed by atoms with Crippen LogP contribution in [0.25, 0.3) is 0 Å². The van der Waals surface area contributed by atoms with Gasteiger partial charge in [-0.05, 0) is 12.8 Å². The highest BCUT2D eigenvalue weighted by Gasteiger charge is 2.48. The van der Waals surface area contributed by atoms with Gasteiger partial charge in [0.25, 0.3) is 10.2 Å². The summed E-state index contributed by atoms with van der Waals surface area (Å²) >= 11 is 0. The molecule has 8 heteroatoms. The molecule has 104 valence electrons. The molecule has 2 rings (SSSR count). The maximum absolute atomic E-state index is 11.9. The molecule has 0 aromatic rings. The molecule has 0 aliphatic carbocycles. The summed E-state index contributed by atoms with van der Waals surface area (Å²) in [7, 11) is -0.281. The second-order valence-electron chi connectivity index (χ2n) is 5.33. The SMILES string of the molecule is CN(C)S(=O)(=O)N1CCC2(CC1)CN(C(=O)O)C2. The zero-order valence-corrected chi connectivity index (χ0v) is 11.5. The minimum atomic E-state index is -3.33. The van der Waals surface area contributed by atoms with Crippen molar-refractivity contribution in [3.05, 3.63) is 0 Å². The Morgan fingerprint density at radius 3 is 2.11 bits per heavy atom. The van der Waals surface area contributed by atoms with Gasteiger partial charge in [0.15, 0.2) is 0 Å². The van der Waals surface area contributed by atoms with E-state index in [4.69, 9.17) is 5.11 Å². The second-order valence-corrected chi connectivity index (χ2v) is 7.47. The van der Waals surface area contributed by atoms with Crippen LogP contribution in [0.15, 0.2) is 0 Å². The fraction of sp³-hybridized carbons (Fsp3) is 0.900. The van der Waals surface area contributed by atoms with Gasteiger partial charge >= 0.3 is 6.09 Å². The van der Waals surface area contributed by atoms with Gasteiger partial charge in [0.2, 0.25) is 0 Å². The van der Waals surface area contributed by atoms with Gasteiger partial charge < -0.3 is 10.0 Å². The number of carbonyl (C=O) groups is 1. The van der Waals surface area contributed by atoms with Crippen LogP contribution in [0.5, 0.6) is 0 Å². The first-order valence-electron chi connectivity index (χ1n) is 5.92. The summed E-state index contributed by atoms with van der Waals surface area (Å²) in [4.78, 5) is 12.1. The third kappa shape index (κ3) is 2.19. The van der Waals surface area contributed by atoms with E-state index in [0.717, 1.165) is 12.8 Å². The fourth-order valence-electron chi connectivity index (χ4n) is 2.64. The molecule has 0 bridgehead atoms. The van der Waals surface area contributed by atoms with Crippen molar-refractivity contribution < 1.29 is 18.3 Å². The van der Waals surface area contributed by atoms with Crippen LogP contribution >= 0.6 is 0 Å². The largest absolute Gasteiger partial charge is 0.465 e. The van der Waals surface area contributed by atoms with Crippen molar-refractivity contribution in [1.29, 1.82) is 0 Å². The molecule has 0 aromatic carbocycles. The second kappa shape index (κ2) is 4.36. The molecule has 2 saturated heterocycles. The third-order valence-corrected chi connectivity index (χ3v) is 5.83. The van der Waals surface area contributed by atoms with Crippen LogP contribution in [0.2, 0.25) is 0 Å². The molecule has 2 fully saturated rings. The van der Waals surface area contributed by atoms with Crippen molar-refractivity contribution in [2.24, 2.45) is 5.41 Å². The van der Waals surface area contributed by atoms with Gasteiger partial charge in [-0.15, -0.1) is 0 Å². The van der Waals surface area contributed by atoms with Gasteiger partial charge in [0, 0.05) is 45.7 Å². The molecule has 2 aliphatic heterocycles. The molecule has 0 aromatic heterocycles. The van der Waals surface area contributed by atoms with Crippen molar-refractivity contribution in [1.82, 2.24) is 13.5 Å². The van der Waals surface area contributed by atoms with Crippen LogP contribution in [0, 0.1) is 5.41 Å². The van der Waals surface area contributed by atoms with E-state index in [1.165, 1.54) is 27.6 Å². The number of hydrogen-bond acceptors (Lipinski definition) is 3. The van der Waals surface area contributed by atoms with E-state index in [9.17, 15) is 13.2 Å². The Morgan fingerprint density at radius 1 is 1.22 bits per heavy atom. The van der Waals surface area contributed by atoms with Crippen LogP contribution < -0.4 is 0 Å². The zero-order valence-electron chi connectivity index (χ0n) is 10.7. The molecule has 0 atom stereocenters. The predicted octanol–water partition coefficient (Wildman–Crippen LogP) is -0.131. The topological polar surface area (TPSA) is 81.2 Å². The molecule has 0 unspecified atom stereocenters. The first kappa shape index (κ1) is 13.6. The Kier molecular flexibility index (Phi) is 3.28. The number of amides is 1. The summed E-state index contributed by atoms with van der Waals surface area (Å²) < 4.78 is 26.5. The first-order valence-corrected chi connectivity index (χ1v) is 7.32. The van der Waals surface area contributed by atoms with Gasteiger partial charge in [0.05, 0.1) is 0 Å². The smallest absolute Gasteiger partial charge is 0.407 e. The van der Waals surface area contributed by atoms with Crippen molar-refractivity contribution in [3.8, 4) is 0 Å². The Balaban J connectivity index is 1.92. The highest BCUT2D eigenvalue weighted by Crippen LogP contribution is 2.40. The van der Waals surface area contributed by atoms with Gasteiger partial charge in [0.1, 0.15) is 0 Å². The molecule has 1 spiro atoms. The summed E-state index contributed by atoms with van der Waals surface area (Å²) in [5, 5.41) is 8.81. The fourth-order valence-corrected chi connectivity index (χ4v) is 3.74. The highest BCUT2D eigenvalue weighted by atomic mass is 32.2. The Labute approximate surface area is 107 Å². The minimum Gasteiger partial charge on any atom is -0.465 e. The average molecular weight is 277 g/mol. The summed E-state index contributed by atoms with van der Waals surface area (Å²) in [6.45, 7) is 2.04. The number of hydrogen-bond donors (Lipinski definition) is 1. The Hall–Kier alpha value is -0.860. The normalized spacial score (nSPS) is 24.3. The summed E-state index contributed by atoms with van der Waals surface area (Å²) in [6.07, 6.45) is 0.595. The van der Waals surface area contributed by atoms with E-state index in [1.807, 2.05) is 0 Å². The summed E-state index contributed by atoms with van der Waals surface area (Å²) in [5.41, 5.74) is 0.0106. The Bertz CT molecular complexity index is 432. The highest BCUT2D eigenvalue weighted by molar-refractivity contribution is 7.86. The van der Waals surface area contributed by atoms with Gasteiger partial charge in [-0.3, -0.25) is 0 Å². The first-order chi connectivity index (χ1) is 8.27. The molecule has 2 aliphatic rings. The quantitative estimate of drug-likeness (QED) is 0.762. The lowest BCUT2D eigenvalue weighted by molar-refractivity contribution is -0.0221. The molecule has 1 N–H and O–H groups in total. The van der Waals surface area contributed by atoms with E-state index in [1.54, 1.807) is 0 Å². The lowest BCUT2D eigenvalue weighted by Gasteiger charge is -2.52. The van der Waals surface area contributed by atoms with Gasteiger partial charge in [-0.2, -0.15) is 17.0 Å². The van der Waals surface area contributed by atoms with Crippen LogP contribution in [0.4, 0.5) is 4.79 Å². The number of piperidine rings is 1. The minimum absolute atomic E-state index is 0.0106. The molecular formula is C10H19N3O4S. The molecule has 2 heterocycles. The number of likely N-dealkylation sites (tertiary alicyclic amines) is 1. The van der Waals surface area contributed by atoms with Crippen LogP contribution in [-0.2, 0) is 10.2 Å². The third-order valence-electron chi connectivity index (χ3n) is 3.89. The van der Waals surface area contributed by atoms with E-state index in [-0.39, 0.29) is 5.41 Å². The van der Waals surface area contributed by atoms with E-state index < -0.39 is 16.3 Å². The standard InChI is InChI=1S/C10H19N3O4S/c1-11(2)18(16,17)13-5-3-10(4-6-13)7-12(8-10)9(14)15/h3-8H2,1-2H3,(H,14,15). The van der Waals surface area contributed by atoms with E-state index in [2.05, 4.69) is 0 Å². The number of carboxylic acid groups (broad SMARTS) is 1. The zero-order chi connectivity index (χ0) is 13.6. The maximum atomic E-state index is 11.9. The molecule has 0 saturated carbocycles. The van der Waals surface area contributed by atoms with Crippen molar-refractivity contribution >= 4 is 16.3 Å². The molecule has 18 heavy (non-hydrogen) atoms. The maximum Gasteiger partial charge on any atom is 0.407 e. The monoisotopic (exact) mass is 277 g/mol. The van der Waals surface area contributed by atoms with Crippen molar-refractivity contribution in [2.75, 3.05) is 40.3 Å². The molecular weight excluding hydrogens is 258 g/mol. The van der Waals surface area contributed by atoms with Gasteiger partial charge in [-0.25, -0.2) is 4.79 Å². The van der Waals surface area contributed by atoms with Crippen molar-refractivity contribution in [2.45, 2.75) is 12.8 Å². The van der Waals surface area contributed by atoms with Crippen LogP contribution in [-0.4, -0.2) is 73.4 Å². The number of nitrogens with zero attached hydrogens (tertiary/aromatic N) is 3. The van der Waals surface area contributed by atoms with Crippen molar-refractivity contribution in [3.63, 3.8) is 0 Å². The lowest BCUT2D eigenvalue weighted by atomic mass is 9.72. The van der Waals surface area contributed by atoms with Gasteiger partial charge in [-0.1, -0.05) is 0 Å². The number of rotatable bonds is 2. The van der Waals surface area contributed by atoms with E-state index >= 15 is 0 Å². The van der Waals surface area contributed by atoms with E-state index in [0.29, 0.717) is 26.2 Å². The lowest BCUT2D eigenvalue weighted by Crippen LogP contribution is -2.62. The molecule has 0 radical (unpaired) electrons.